The molecule has 0 saturated carbocycles. The van der Waals surface area contributed by atoms with Gasteiger partial charge in [-0.3, -0.25) is 0 Å². The zero-order valence-electron chi connectivity index (χ0n) is 27.6. The van der Waals surface area contributed by atoms with Crippen LogP contribution in [0.5, 0.6) is 0 Å². The lowest BCUT2D eigenvalue weighted by molar-refractivity contribution is 0.669. The molecule has 0 atom stereocenters. The molecule has 52 heavy (non-hydrogen) atoms. The maximum atomic E-state index is 6.49. The highest BCUT2D eigenvalue weighted by atomic mass is 16.3. The molecule has 5 nitrogen and oxygen atoms in total. The Kier molecular flexibility index (Phi) is 5.44. The number of fused-ring (bicyclic) bond motifs is 10. The highest BCUT2D eigenvalue weighted by molar-refractivity contribution is 6.18. The van der Waals surface area contributed by atoms with E-state index in [9.17, 15) is 0 Å². The highest BCUT2D eigenvalue weighted by Gasteiger charge is 2.24. The van der Waals surface area contributed by atoms with E-state index in [1.165, 1.54) is 33.0 Å². The predicted molar refractivity (Wildman–Crippen MR) is 210 cm³/mol. The van der Waals surface area contributed by atoms with Crippen LogP contribution < -0.4 is 0 Å². The molecule has 0 aliphatic heterocycles. The van der Waals surface area contributed by atoms with Crippen LogP contribution in [0.15, 0.2) is 160 Å². The third kappa shape index (κ3) is 3.85. The van der Waals surface area contributed by atoms with Gasteiger partial charge in [-0.2, -0.15) is 0 Å². The first-order valence-corrected chi connectivity index (χ1v) is 17.4. The van der Waals surface area contributed by atoms with Crippen molar-refractivity contribution in [2.45, 2.75) is 0 Å². The van der Waals surface area contributed by atoms with Gasteiger partial charge < -0.3 is 8.83 Å². The molecule has 0 N–H and O–H groups in total. The minimum absolute atomic E-state index is 0.555. The van der Waals surface area contributed by atoms with Gasteiger partial charge in [0, 0.05) is 32.7 Å². The first-order chi connectivity index (χ1) is 25.7. The minimum atomic E-state index is 0.555. The lowest BCUT2D eigenvalue weighted by Crippen LogP contribution is -2.01. The molecule has 12 rings (SSSR count). The topological polar surface area (TPSA) is 65.0 Å². The summed E-state index contributed by atoms with van der Waals surface area (Å²) in [5.41, 5.74) is 10.9. The van der Waals surface area contributed by atoms with Crippen molar-refractivity contribution >= 4 is 65.4 Å². The first kappa shape index (κ1) is 27.7. The van der Waals surface area contributed by atoms with E-state index in [2.05, 4.69) is 109 Å². The van der Waals surface area contributed by atoms with Crippen LogP contribution in [-0.4, -0.2) is 15.0 Å². The zero-order valence-corrected chi connectivity index (χ0v) is 27.6. The first-order valence-electron chi connectivity index (χ1n) is 17.4. The van der Waals surface area contributed by atoms with Crippen LogP contribution in [-0.2, 0) is 0 Å². The Morgan fingerprint density at radius 2 is 0.923 bits per heavy atom. The van der Waals surface area contributed by atoms with Gasteiger partial charge in [-0.25, -0.2) is 15.0 Å². The van der Waals surface area contributed by atoms with Gasteiger partial charge in [-0.1, -0.05) is 103 Å². The number of furan rings is 2. The Labute approximate surface area is 296 Å². The maximum Gasteiger partial charge on any atom is 0.167 e. The van der Waals surface area contributed by atoms with Crippen molar-refractivity contribution in [3.63, 3.8) is 0 Å². The highest BCUT2D eigenvalue weighted by Crippen LogP contribution is 2.49. The van der Waals surface area contributed by atoms with Gasteiger partial charge in [0.1, 0.15) is 22.3 Å². The number of hydrogen-bond acceptors (Lipinski definition) is 5. The summed E-state index contributed by atoms with van der Waals surface area (Å²) in [4.78, 5) is 15.7. The molecule has 8 aromatic carbocycles. The Hall–Kier alpha value is -7.11. The number of nitrogens with zero attached hydrogens (tertiary/aromatic N) is 3. The summed E-state index contributed by atoms with van der Waals surface area (Å²) >= 11 is 0. The van der Waals surface area contributed by atoms with Crippen LogP contribution in [0.4, 0.5) is 0 Å². The van der Waals surface area contributed by atoms with E-state index in [1.807, 2.05) is 42.5 Å². The maximum absolute atomic E-state index is 6.49. The Balaban J connectivity index is 1.12. The SMILES string of the molecule is c1ccc2c(c1)-c1cccc3c(-c4nc(-c5ccc6oc7cc8ccccc8cc7c6c5)nc(-c5cccc6c5oc5ccccc56)n4)ccc-2c13. The molecule has 5 heteroatoms. The molecule has 0 unspecified atom stereocenters. The predicted octanol–water partition coefficient (Wildman–Crippen LogP) is 12.6. The molecule has 0 saturated heterocycles. The molecule has 3 aromatic heterocycles. The van der Waals surface area contributed by atoms with Crippen molar-refractivity contribution in [2.24, 2.45) is 0 Å². The third-order valence-electron chi connectivity index (χ3n) is 10.7. The van der Waals surface area contributed by atoms with E-state index in [1.54, 1.807) is 0 Å². The van der Waals surface area contributed by atoms with E-state index in [0.717, 1.165) is 71.3 Å². The molecular weight excluding hydrogens is 639 g/mol. The van der Waals surface area contributed by atoms with Crippen LogP contribution in [0.25, 0.3) is 122 Å². The average molecular weight is 664 g/mol. The van der Waals surface area contributed by atoms with E-state index >= 15 is 0 Å². The van der Waals surface area contributed by atoms with Crippen LogP contribution >= 0.6 is 0 Å². The van der Waals surface area contributed by atoms with E-state index < -0.39 is 0 Å². The largest absolute Gasteiger partial charge is 0.456 e. The number of rotatable bonds is 3. The summed E-state index contributed by atoms with van der Waals surface area (Å²) < 4.78 is 12.8. The summed E-state index contributed by atoms with van der Waals surface area (Å²) in [5.74, 6) is 1.74. The molecule has 11 aromatic rings. The second-order valence-electron chi connectivity index (χ2n) is 13.5. The van der Waals surface area contributed by atoms with Gasteiger partial charge in [0.25, 0.3) is 0 Å². The van der Waals surface area contributed by atoms with Crippen molar-refractivity contribution in [2.75, 3.05) is 0 Å². The second kappa shape index (κ2) is 10.2. The number of para-hydroxylation sites is 2. The van der Waals surface area contributed by atoms with Crippen LogP contribution in [0.3, 0.4) is 0 Å². The third-order valence-corrected chi connectivity index (χ3v) is 10.7. The normalized spacial score (nSPS) is 12.2. The summed E-state index contributed by atoms with van der Waals surface area (Å²) in [6.07, 6.45) is 0. The molecule has 0 bridgehead atoms. The van der Waals surface area contributed by atoms with Crippen molar-refractivity contribution in [3.05, 3.63) is 152 Å². The molecule has 0 fully saturated rings. The van der Waals surface area contributed by atoms with Gasteiger partial charge in [-0.05, 0) is 92.3 Å². The summed E-state index contributed by atoms with van der Waals surface area (Å²) in [6.45, 7) is 0. The van der Waals surface area contributed by atoms with Crippen LogP contribution in [0.1, 0.15) is 0 Å². The van der Waals surface area contributed by atoms with E-state index in [4.69, 9.17) is 23.8 Å². The Morgan fingerprint density at radius 3 is 1.79 bits per heavy atom. The lowest BCUT2D eigenvalue weighted by atomic mass is 9.98. The van der Waals surface area contributed by atoms with Crippen LogP contribution in [0, 0.1) is 0 Å². The molecule has 0 spiro atoms. The zero-order chi connectivity index (χ0) is 33.9. The number of benzene rings is 8. The fourth-order valence-corrected chi connectivity index (χ4v) is 8.27. The van der Waals surface area contributed by atoms with Crippen molar-refractivity contribution in [3.8, 4) is 56.4 Å². The monoisotopic (exact) mass is 663 g/mol. The molecule has 3 heterocycles. The quantitative estimate of drug-likeness (QED) is 0.188. The van der Waals surface area contributed by atoms with Crippen molar-refractivity contribution < 1.29 is 8.83 Å². The molecule has 0 radical (unpaired) electrons. The summed E-state index contributed by atoms with van der Waals surface area (Å²) in [7, 11) is 0. The average Bonchev–Trinajstić information content (AvgIpc) is 3.87. The number of hydrogen-bond donors (Lipinski definition) is 0. The standard InChI is InChI=1S/C47H25N3O2/c1-2-10-27-25-42-39(23-26(27)9-1)38-24-28(19-22-41(38)51-42)45-48-46(36-21-20-34-30-12-4-3-11-29(30)32-14-7-15-33(36)43(32)34)50-47(49-45)37-17-8-16-35-31-13-5-6-18-40(31)52-44(35)37/h1-25H. The molecule has 1 aliphatic carbocycles. The van der Waals surface area contributed by atoms with Crippen molar-refractivity contribution in [1.82, 2.24) is 15.0 Å². The molecule has 240 valence electrons. The lowest BCUT2D eigenvalue weighted by Gasteiger charge is -2.12. The van der Waals surface area contributed by atoms with Gasteiger partial charge in [0.05, 0.1) is 5.56 Å². The number of aromatic nitrogens is 3. The molecular formula is C47H25N3O2. The van der Waals surface area contributed by atoms with Gasteiger partial charge >= 0.3 is 0 Å². The summed E-state index contributed by atoms with van der Waals surface area (Å²) in [5, 5.41) is 8.81. The fourth-order valence-electron chi connectivity index (χ4n) is 8.27. The van der Waals surface area contributed by atoms with Crippen LogP contribution in [0.2, 0.25) is 0 Å². The van der Waals surface area contributed by atoms with E-state index in [-0.39, 0.29) is 0 Å². The fraction of sp³-hybridized carbons (Fsp3) is 0. The Bertz CT molecular complexity index is 3290. The second-order valence-corrected chi connectivity index (χ2v) is 13.5. The Morgan fingerprint density at radius 1 is 0.327 bits per heavy atom. The molecule has 1 aliphatic rings. The van der Waals surface area contributed by atoms with Crippen molar-refractivity contribution in [1.29, 1.82) is 0 Å². The van der Waals surface area contributed by atoms with E-state index in [0.29, 0.717) is 17.5 Å². The molecule has 0 amide bonds. The van der Waals surface area contributed by atoms with Gasteiger partial charge in [0.15, 0.2) is 17.5 Å². The summed E-state index contributed by atoms with van der Waals surface area (Å²) in [6, 6.07) is 52.7. The minimum Gasteiger partial charge on any atom is -0.456 e. The van der Waals surface area contributed by atoms with Gasteiger partial charge in [-0.15, -0.1) is 0 Å². The van der Waals surface area contributed by atoms with Gasteiger partial charge in [0.2, 0.25) is 0 Å². The smallest absolute Gasteiger partial charge is 0.167 e.